The van der Waals surface area contributed by atoms with Gasteiger partial charge in [0.1, 0.15) is 12.0 Å². The minimum atomic E-state index is -1.01. The summed E-state index contributed by atoms with van der Waals surface area (Å²) < 4.78 is 5.12. The number of carbonyl (C=O) groups excluding carboxylic acids is 1. The van der Waals surface area contributed by atoms with Crippen LogP contribution in [0, 0.1) is 5.92 Å². The zero-order valence-electron chi connectivity index (χ0n) is 14.5. The van der Waals surface area contributed by atoms with Crippen molar-refractivity contribution in [3.8, 4) is 0 Å². The van der Waals surface area contributed by atoms with E-state index in [9.17, 15) is 9.59 Å². The molecule has 4 heteroatoms. The summed E-state index contributed by atoms with van der Waals surface area (Å²) in [6.45, 7) is 5.77. The number of hydrogen-bond acceptors (Lipinski definition) is 3. The summed E-state index contributed by atoms with van der Waals surface area (Å²) in [6.07, 6.45) is 13.8. The van der Waals surface area contributed by atoms with E-state index in [-0.39, 0.29) is 5.57 Å². The molecule has 1 saturated heterocycles. The third-order valence-electron chi connectivity index (χ3n) is 4.63. The maximum Gasteiger partial charge on any atom is 0.334 e. The molecule has 0 spiro atoms. The van der Waals surface area contributed by atoms with Gasteiger partial charge in [-0.05, 0) is 12.8 Å². The summed E-state index contributed by atoms with van der Waals surface area (Å²) >= 11 is 0. The van der Waals surface area contributed by atoms with Crippen LogP contribution in [0.2, 0.25) is 0 Å². The lowest BCUT2D eigenvalue weighted by Gasteiger charge is -2.13. The normalized spacial score (nSPS) is 20.7. The van der Waals surface area contributed by atoms with E-state index in [0.717, 1.165) is 12.8 Å². The van der Waals surface area contributed by atoms with Gasteiger partial charge in [0.05, 0.1) is 0 Å². The standard InChI is InChI=1S/C19H32O4/c1-3-4-5-6-7-8-9-10-11-12-13-14-16-17(18(20)21)15(2)19(22)23-16/h16-17H,2-14H2,1H3,(H,20,21)/t16-,17+/m1/s1. The van der Waals surface area contributed by atoms with Crippen LogP contribution in [0.3, 0.4) is 0 Å². The van der Waals surface area contributed by atoms with E-state index in [2.05, 4.69) is 13.5 Å². The molecule has 0 aliphatic carbocycles. The van der Waals surface area contributed by atoms with Crippen molar-refractivity contribution in [2.45, 2.75) is 90.1 Å². The molecule has 0 radical (unpaired) electrons. The third-order valence-corrected chi connectivity index (χ3v) is 4.63. The first kappa shape index (κ1) is 19.7. The predicted molar refractivity (Wildman–Crippen MR) is 91.2 cm³/mol. The number of rotatable bonds is 13. The van der Waals surface area contributed by atoms with Gasteiger partial charge in [0.2, 0.25) is 0 Å². The zero-order valence-corrected chi connectivity index (χ0v) is 14.5. The molecule has 2 atom stereocenters. The molecule has 132 valence electrons. The number of carboxylic acids is 1. The highest BCUT2D eigenvalue weighted by Crippen LogP contribution is 2.30. The molecule has 1 heterocycles. The molecular formula is C19H32O4. The van der Waals surface area contributed by atoms with Gasteiger partial charge in [-0.2, -0.15) is 0 Å². The Morgan fingerprint density at radius 3 is 1.96 bits per heavy atom. The summed E-state index contributed by atoms with van der Waals surface area (Å²) in [6, 6.07) is 0. The van der Waals surface area contributed by atoms with Crippen LogP contribution in [-0.4, -0.2) is 23.1 Å². The fourth-order valence-electron chi connectivity index (χ4n) is 3.18. The molecule has 1 rings (SSSR count). The summed E-state index contributed by atoms with van der Waals surface area (Å²) in [5.74, 6) is -2.41. The highest BCUT2D eigenvalue weighted by atomic mass is 16.6. The van der Waals surface area contributed by atoms with E-state index < -0.39 is 24.0 Å². The van der Waals surface area contributed by atoms with Crippen LogP contribution in [0.5, 0.6) is 0 Å². The Hall–Kier alpha value is -1.32. The van der Waals surface area contributed by atoms with E-state index in [1.807, 2.05) is 0 Å². The molecule has 4 nitrogen and oxygen atoms in total. The number of hydrogen-bond donors (Lipinski definition) is 1. The van der Waals surface area contributed by atoms with Gasteiger partial charge in [-0.25, -0.2) is 4.79 Å². The molecular weight excluding hydrogens is 292 g/mol. The molecule has 1 fully saturated rings. The van der Waals surface area contributed by atoms with Crippen LogP contribution in [0.1, 0.15) is 84.0 Å². The highest BCUT2D eigenvalue weighted by Gasteiger charge is 2.42. The first-order valence-corrected chi connectivity index (χ1v) is 9.20. The Labute approximate surface area is 140 Å². The maximum atomic E-state index is 11.4. The lowest BCUT2D eigenvalue weighted by Crippen LogP contribution is -2.24. The number of aliphatic carboxylic acids is 1. The van der Waals surface area contributed by atoms with E-state index in [4.69, 9.17) is 9.84 Å². The van der Waals surface area contributed by atoms with Gasteiger partial charge in [0, 0.05) is 5.57 Å². The lowest BCUT2D eigenvalue weighted by molar-refractivity contribution is -0.144. The molecule has 0 aromatic carbocycles. The monoisotopic (exact) mass is 324 g/mol. The van der Waals surface area contributed by atoms with Gasteiger partial charge in [0.15, 0.2) is 0 Å². The van der Waals surface area contributed by atoms with Crippen LogP contribution < -0.4 is 0 Å². The minimum absolute atomic E-state index is 0.0885. The number of cyclic esters (lactones) is 1. The molecule has 23 heavy (non-hydrogen) atoms. The van der Waals surface area contributed by atoms with Crippen molar-refractivity contribution in [1.29, 1.82) is 0 Å². The fourth-order valence-corrected chi connectivity index (χ4v) is 3.18. The number of ether oxygens (including phenoxy) is 1. The van der Waals surface area contributed by atoms with Gasteiger partial charge >= 0.3 is 11.9 Å². The Balaban J connectivity index is 2.01. The van der Waals surface area contributed by atoms with Crippen molar-refractivity contribution in [1.82, 2.24) is 0 Å². The first-order chi connectivity index (χ1) is 11.1. The van der Waals surface area contributed by atoms with E-state index in [0.29, 0.717) is 6.42 Å². The number of carboxylic acid groups (broad SMARTS) is 1. The van der Waals surface area contributed by atoms with Crippen molar-refractivity contribution in [2.24, 2.45) is 5.92 Å². The van der Waals surface area contributed by atoms with E-state index in [1.54, 1.807) is 0 Å². The molecule has 1 aliphatic rings. The van der Waals surface area contributed by atoms with Crippen LogP contribution in [-0.2, 0) is 14.3 Å². The summed E-state index contributed by atoms with van der Waals surface area (Å²) in [7, 11) is 0. The van der Waals surface area contributed by atoms with Crippen LogP contribution in [0.15, 0.2) is 12.2 Å². The van der Waals surface area contributed by atoms with E-state index in [1.165, 1.54) is 57.8 Å². The minimum Gasteiger partial charge on any atom is -0.481 e. The predicted octanol–water partition coefficient (Wildman–Crippen LogP) is 4.87. The Kier molecular flexibility index (Phi) is 9.65. The Morgan fingerprint density at radius 2 is 1.48 bits per heavy atom. The van der Waals surface area contributed by atoms with Crippen LogP contribution in [0.4, 0.5) is 0 Å². The van der Waals surface area contributed by atoms with Crippen molar-refractivity contribution in [3.05, 3.63) is 12.2 Å². The van der Waals surface area contributed by atoms with Gasteiger partial charge in [-0.15, -0.1) is 0 Å². The van der Waals surface area contributed by atoms with Crippen LogP contribution in [0.25, 0.3) is 0 Å². The average molecular weight is 324 g/mol. The lowest BCUT2D eigenvalue weighted by atomic mass is 9.93. The number of unbranched alkanes of at least 4 members (excludes halogenated alkanes) is 10. The molecule has 0 unspecified atom stereocenters. The molecule has 0 amide bonds. The quantitative estimate of drug-likeness (QED) is 0.298. The molecule has 0 aromatic rings. The fraction of sp³-hybridized carbons (Fsp3) is 0.789. The largest absolute Gasteiger partial charge is 0.481 e. The Morgan fingerprint density at radius 1 is 1.00 bits per heavy atom. The summed E-state index contributed by atoms with van der Waals surface area (Å²) in [4.78, 5) is 22.6. The molecule has 0 saturated carbocycles. The topological polar surface area (TPSA) is 63.6 Å². The third kappa shape index (κ3) is 7.19. The Bertz CT molecular complexity index is 389. The van der Waals surface area contributed by atoms with Crippen molar-refractivity contribution in [2.75, 3.05) is 0 Å². The van der Waals surface area contributed by atoms with Gasteiger partial charge in [-0.3, -0.25) is 4.79 Å². The van der Waals surface area contributed by atoms with Gasteiger partial charge in [-0.1, -0.05) is 77.7 Å². The smallest absolute Gasteiger partial charge is 0.334 e. The molecule has 1 N–H and O–H groups in total. The zero-order chi connectivity index (χ0) is 17.1. The SMILES string of the molecule is C=C1C(=O)O[C@H](CCCCCCCCCCCCC)[C@H]1C(=O)O. The first-order valence-electron chi connectivity index (χ1n) is 9.20. The maximum absolute atomic E-state index is 11.4. The second-order valence-corrected chi connectivity index (χ2v) is 6.61. The second-order valence-electron chi connectivity index (χ2n) is 6.61. The summed E-state index contributed by atoms with van der Waals surface area (Å²) in [5.41, 5.74) is 0.0885. The van der Waals surface area contributed by atoms with Crippen molar-refractivity contribution < 1.29 is 19.4 Å². The molecule has 0 bridgehead atoms. The van der Waals surface area contributed by atoms with Gasteiger partial charge < -0.3 is 9.84 Å². The van der Waals surface area contributed by atoms with E-state index >= 15 is 0 Å². The van der Waals surface area contributed by atoms with Crippen molar-refractivity contribution >= 4 is 11.9 Å². The number of esters is 1. The highest BCUT2D eigenvalue weighted by molar-refractivity contribution is 5.97. The summed E-state index contributed by atoms with van der Waals surface area (Å²) in [5, 5.41) is 9.16. The van der Waals surface area contributed by atoms with Crippen LogP contribution >= 0.6 is 0 Å². The number of carbonyl (C=O) groups is 2. The molecule has 0 aromatic heterocycles. The second kappa shape index (κ2) is 11.3. The van der Waals surface area contributed by atoms with Crippen molar-refractivity contribution in [3.63, 3.8) is 0 Å². The molecule has 1 aliphatic heterocycles. The average Bonchev–Trinajstić information content (AvgIpc) is 2.79. The van der Waals surface area contributed by atoms with Gasteiger partial charge in [0.25, 0.3) is 0 Å².